The van der Waals surface area contributed by atoms with Crippen molar-refractivity contribution in [3.63, 3.8) is 0 Å². The van der Waals surface area contributed by atoms with Crippen molar-refractivity contribution in [3.8, 4) is 0 Å². The van der Waals surface area contributed by atoms with E-state index in [0.717, 1.165) is 47.9 Å². The summed E-state index contributed by atoms with van der Waals surface area (Å²) in [5.41, 5.74) is 3.13. The number of rotatable bonds is 7. The number of hydrogen-bond donors (Lipinski definition) is 2. The molecule has 1 fully saturated rings. The summed E-state index contributed by atoms with van der Waals surface area (Å²) in [6.45, 7) is 16.8. The molecule has 0 bridgehead atoms. The molecule has 0 radical (unpaired) electrons. The highest BCUT2D eigenvalue weighted by atomic mass is 32.2. The van der Waals surface area contributed by atoms with Gasteiger partial charge in [0.15, 0.2) is 0 Å². The summed E-state index contributed by atoms with van der Waals surface area (Å²) >= 11 is 0. The molecule has 3 aromatic rings. The maximum atomic E-state index is 12.9. The molecule has 44 heavy (non-hydrogen) atoms. The van der Waals surface area contributed by atoms with E-state index in [-0.39, 0.29) is 23.0 Å². The molecule has 9 nitrogen and oxygen atoms in total. The highest BCUT2D eigenvalue weighted by Gasteiger charge is 2.49. The number of nitrogens with zero attached hydrogens (tertiary/aromatic N) is 3. The average molecular weight is 638 g/mol. The van der Waals surface area contributed by atoms with Crippen LogP contribution in [-0.2, 0) is 21.2 Å². The minimum atomic E-state index is -4.01. The lowest BCUT2D eigenvalue weighted by Gasteiger charge is -2.44. The predicted molar refractivity (Wildman–Crippen MR) is 179 cm³/mol. The van der Waals surface area contributed by atoms with Gasteiger partial charge in [0.05, 0.1) is 19.5 Å². The van der Waals surface area contributed by atoms with E-state index in [1.165, 1.54) is 11.1 Å². The van der Waals surface area contributed by atoms with Crippen molar-refractivity contribution < 1.29 is 17.9 Å². The molecule has 5 rings (SSSR count). The number of aromatic nitrogens is 3. The molecule has 238 valence electrons. The number of amides is 1. The van der Waals surface area contributed by atoms with Gasteiger partial charge in [0.1, 0.15) is 23.4 Å². The Morgan fingerprint density at radius 3 is 2.50 bits per heavy atom. The maximum absolute atomic E-state index is 12.9. The van der Waals surface area contributed by atoms with E-state index in [1.54, 1.807) is 33.2 Å². The topological polar surface area (TPSA) is 115 Å². The number of aryl methyl sites for hydroxylation is 1. The Morgan fingerprint density at radius 2 is 1.80 bits per heavy atom. The zero-order chi connectivity index (χ0) is 32.1. The largest absolute Gasteiger partial charge is 0.443 e. The monoisotopic (exact) mass is 637 g/mol. The van der Waals surface area contributed by atoms with Gasteiger partial charge in [0.25, 0.3) is 10.0 Å². The molecule has 1 aromatic carbocycles. The van der Waals surface area contributed by atoms with Crippen LogP contribution in [-0.4, -0.2) is 42.7 Å². The van der Waals surface area contributed by atoms with Crippen LogP contribution in [0.3, 0.4) is 0 Å². The van der Waals surface area contributed by atoms with Crippen LogP contribution in [0.1, 0.15) is 84.0 Å². The quantitative estimate of drug-likeness (QED) is 0.255. The number of nitrogens with one attached hydrogen (secondary N) is 2. The van der Waals surface area contributed by atoms with Crippen molar-refractivity contribution in [1.82, 2.24) is 19.3 Å². The van der Waals surface area contributed by atoms with E-state index in [4.69, 9.17) is 9.72 Å². The van der Waals surface area contributed by atoms with Crippen LogP contribution in [0, 0.1) is 5.92 Å². The zero-order valence-electron chi connectivity index (χ0n) is 27.2. The van der Waals surface area contributed by atoms with Gasteiger partial charge >= 0.3 is 6.09 Å². The Labute approximate surface area is 263 Å². The SMILES string of the molecule is CC(C)(C)OC(=O)NS(=O)(=O)/C=C/[C@@H]1C[C@@H](n2ccc3c(N[C@H]4CCc5ccccc54)ncnc32)C[C@@H]1[Si](C)(C)C(C)(C)C. The number of sulfonamides is 1. The van der Waals surface area contributed by atoms with Crippen molar-refractivity contribution in [3.05, 3.63) is 65.5 Å². The van der Waals surface area contributed by atoms with Crippen LogP contribution in [0.5, 0.6) is 0 Å². The van der Waals surface area contributed by atoms with E-state index in [0.29, 0.717) is 5.54 Å². The first-order chi connectivity index (χ1) is 20.5. The lowest BCUT2D eigenvalue weighted by atomic mass is 10.1. The summed E-state index contributed by atoms with van der Waals surface area (Å²) in [5, 5.41) is 5.95. The van der Waals surface area contributed by atoms with Crippen molar-refractivity contribution in [1.29, 1.82) is 0 Å². The van der Waals surface area contributed by atoms with Crippen LogP contribution in [0.25, 0.3) is 11.0 Å². The van der Waals surface area contributed by atoms with Gasteiger partial charge < -0.3 is 14.6 Å². The molecule has 0 spiro atoms. The van der Waals surface area contributed by atoms with Crippen LogP contribution < -0.4 is 10.0 Å². The lowest BCUT2D eigenvalue weighted by molar-refractivity contribution is 0.0571. The van der Waals surface area contributed by atoms with E-state index < -0.39 is 29.8 Å². The fourth-order valence-electron chi connectivity index (χ4n) is 6.77. The summed E-state index contributed by atoms with van der Waals surface area (Å²) in [5.74, 6) is 0.869. The van der Waals surface area contributed by atoms with Crippen LogP contribution in [0.2, 0.25) is 23.7 Å². The van der Waals surface area contributed by atoms with Gasteiger partial charge in [-0.1, -0.05) is 64.2 Å². The molecule has 2 aromatic heterocycles. The molecule has 2 heterocycles. The van der Waals surface area contributed by atoms with E-state index in [2.05, 4.69) is 85.3 Å². The third kappa shape index (κ3) is 6.73. The van der Waals surface area contributed by atoms with E-state index in [9.17, 15) is 13.2 Å². The number of ether oxygens (including phenoxy) is 1. The number of carbonyl (C=O) groups is 1. The van der Waals surface area contributed by atoms with E-state index >= 15 is 0 Å². The van der Waals surface area contributed by atoms with Crippen molar-refractivity contribution in [2.75, 3.05) is 5.32 Å². The van der Waals surface area contributed by atoms with Gasteiger partial charge in [-0.3, -0.25) is 0 Å². The minimum Gasteiger partial charge on any atom is -0.443 e. The first kappa shape index (κ1) is 32.2. The standard InChI is InChI=1S/C33H47N5O4SSi/c1-32(2,3)42-31(39)37-43(40,41)18-16-23-19-24(20-28(23)44(7,8)33(4,5)6)38-17-15-26-29(34-21-35-30(26)38)36-27-14-13-22-11-9-10-12-25(22)27/h9-12,15-18,21,23-24,27-28H,13-14,19-20H2,1-8H3,(H,37,39)(H,34,35,36)/b18-16+/t23-,24-,27+,28+/m1/s1. The molecule has 1 saturated carbocycles. The fraction of sp³-hybridized carbons (Fsp3) is 0.545. The van der Waals surface area contributed by atoms with Crippen molar-refractivity contribution in [2.24, 2.45) is 5.92 Å². The average Bonchev–Trinajstić information content (AvgIpc) is 3.63. The third-order valence-corrected chi connectivity index (χ3v) is 17.3. The van der Waals surface area contributed by atoms with Crippen LogP contribution in [0.4, 0.5) is 10.6 Å². The number of fused-ring (bicyclic) bond motifs is 2. The molecule has 0 unspecified atom stereocenters. The summed E-state index contributed by atoms with van der Waals surface area (Å²) < 4.78 is 35.2. The summed E-state index contributed by atoms with van der Waals surface area (Å²) in [6.07, 6.45) is 8.35. The van der Waals surface area contributed by atoms with Gasteiger partial charge in [-0.2, -0.15) is 0 Å². The van der Waals surface area contributed by atoms with Crippen molar-refractivity contribution in [2.45, 2.75) is 109 Å². The molecule has 2 aliphatic rings. The number of allylic oxidation sites excluding steroid dienone is 1. The van der Waals surface area contributed by atoms with Gasteiger partial charge in [-0.15, -0.1) is 0 Å². The maximum Gasteiger partial charge on any atom is 0.421 e. The van der Waals surface area contributed by atoms with Gasteiger partial charge in [0.2, 0.25) is 0 Å². The molecule has 4 atom stereocenters. The van der Waals surface area contributed by atoms with Gasteiger partial charge in [-0.25, -0.2) is 27.9 Å². The third-order valence-electron chi connectivity index (χ3n) is 9.92. The fourth-order valence-corrected chi connectivity index (χ4v) is 10.8. The second-order valence-electron chi connectivity index (χ2n) is 15.0. The molecular formula is C33H47N5O4SSi. The summed E-state index contributed by atoms with van der Waals surface area (Å²) in [6, 6.07) is 11.0. The van der Waals surface area contributed by atoms with Gasteiger partial charge in [0, 0.05) is 17.6 Å². The second kappa shape index (κ2) is 11.6. The molecule has 2 aliphatic carbocycles. The Balaban J connectivity index is 1.41. The highest BCUT2D eigenvalue weighted by Crippen LogP contribution is 2.56. The van der Waals surface area contributed by atoms with Crippen LogP contribution >= 0.6 is 0 Å². The molecule has 0 saturated heterocycles. The predicted octanol–water partition coefficient (Wildman–Crippen LogP) is 7.73. The van der Waals surface area contributed by atoms with E-state index in [1.807, 2.05) is 4.72 Å². The Hall–Kier alpha value is -3.18. The summed E-state index contributed by atoms with van der Waals surface area (Å²) in [4.78, 5) is 21.6. The Morgan fingerprint density at radius 1 is 1.07 bits per heavy atom. The first-order valence-corrected chi connectivity index (χ1v) is 20.2. The minimum absolute atomic E-state index is 0.0305. The molecule has 11 heteroatoms. The highest BCUT2D eigenvalue weighted by molar-refractivity contribution is 7.92. The molecule has 0 aliphatic heterocycles. The number of anilines is 1. The number of hydrogen-bond acceptors (Lipinski definition) is 7. The molecule has 1 amide bonds. The molecular weight excluding hydrogens is 591 g/mol. The van der Waals surface area contributed by atoms with Crippen molar-refractivity contribution >= 4 is 41.0 Å². The molecule has 2 N–H and O–H groups in total. The number of benzene rings is 1. The Kier molecular flexibility index (Phi) is 8.52. The second-order valence-corrected chi connectivity index (χ2v) is 22.2. The zero-order valence-corrected chi connectivity index (χ0v) is 29.0. The summed E-state index contributed by atoms with van der Waals surface area (Å²) in [7, 11) is -5.92. The Bertz CT molecular complexity index is 1670. The lowest BCUT2D eigenvalue weighted by Crippen LogP contribution is -2.43. The van der Waals surface area contributed by atoms with Gasteiger partial charge in [-0.05, 0) is 80.1 Å². The smallest absolute Gasteiger partial charge is 0.421 e. The first-order valence-electron chi connectivity index (χ1n) is 15.5. The normalized spacial score (nSPS) is 22.8. The van der Waals surface area contributed by atoms with Crippen LogP contribution in [0.15, 0.2) is 54.3 Å². The number of carbonyl (C=O) groups excluding carboxylic acids is 1.